The molecule has 0 saturated carbocycles. The van der Waals surface area contributed by atoms with E-state index in [2.05, 4.69) is 10.3 Å². The van der Waals surface area contributed by atoms with Gasteiger partial charge in [-0.05, 0) is 6.92 Å². The number of aromatic nitrogens is 1. The number of nitrogens with zero attached hydrogens (tertiary/aromatic N) is 2. The molecule has 1 aromatic rings. The molecule has 0 aliphatic heterocycles. The van der Waals surface area contributed by atoms with Crippen LogP contribution in [0.1, 0.15) is 12.5 Å². The van der Waals surface area contributed by atoms with Crippen molar-refractivity contribution >= 4 is 21.3 Å². The van der Waals surface area contributed by atoms with E-state index in [4.69, 9.17) is 0 Å². The van der Waals surface area contributed by atoms with Gasteiger partial charge in [0.15, 0.2) is 9.84 Å². The van der Waals surface area contributed by atoms with Crippen LogP contribution < -0.4 is 5.32 Å². The van der Waals surface area contributed by atoms with E-state index in [0.717, 1.165) is 0 Å². The molecule has 1 aromatic heterocycles. The van der Waals surface area contributed by atoms with Gasteiger partial charge in [0.25, 0.3) is 5.69 Å². The van der Waals surface area contributed by atoms with Gasteiger partial charge in [0.1, 0.15) is 5.82 Å². The van der Waals surface area contributed by atoms with Gasteiger partial charge >= 0.3 is 0 Å². The predicted octanol–water partition coefficient (Wildman–Crippen LogP) is 1.14. The number of hydrogen-bond acceptors (Lipinski definition) is 6. The molecule has 0 aliphatic rings. The quantitative estimate of drug-likeness (QED) is 0.616. The number of anilines is 1. The first-order valence-electron chi connectivity index (χ1n) is 5.41. The fraction of sp³-hybridized carbons (Fsp3) is 0.500. The fourth-order valence-electron chi connectivity index (χ4n) is 1.29. The van der Waals surface area contributed by atoms with Crippen molar-refractivity contribution < 1.29 is 13.3 Å². The third-order valence-electron chi connectivity index (χ3n) is 2.43. The number of hydrogen-bond donors (Lipinski definition) is 1. The summed E-state index contributed by atoms with van der Waals surface area (Å²) in [6.45, 7) is 3.35. The van der Waals surface area contributed by atoms with Crippen molar-refractivity contribution in [2.45, 2.75) is 13.8 Å². The van der Waals surface area contributed by atoms with Crippen LogP contribution in [0, 0.1) is 17.0 Å². The topological polar surface area (TPSA) is 102 Å². The molecule has 0 amide bonds. The first kappa shape index (κ1) is 14.4. The Morgan fingerprint density at radius 1 is 1.50 bits per heavy atom. The minimum Gasteiger partial charge on any atom is -0.369 e. The van der Waals surface area contributed by atoms with Gasteiger partial charge in [-0.2, -0.15) is 0 Å². The van der Waals surface area contributed by atoms with E-state index in [1.165, 1.54) is 12.3 Å². The normalized spacial score (nSPS) is 11.2. The van der Waals surface area contributed by atoms with Crippen LogP contribution in [0.3, 0.4) is 0 Å². The molecular weight excluding hydrogens is 258 g/mol. The third-order valence-corrected chi connectivity index (χ3v) is 4.14. The van der Waals surface area contributed by atoms with Crippen molar-refractivity contribution in [3.05, 3.63) is 27.9 Å². The van der Waals surface area contributed by atoms with Crippen molar-refractivity contribution in [3.63, 3.8) is 0 Å². The number of aryl methyl sites for hydroxylation is 1. The summed E-state index contributed by atoms with van der Waals surface area (Å²) in [5, 5.41) is 13.5. The van der Waals surface area contributed by atoms with Gasteiger partial charge in [-0.25, -0.2) is 13.4 Å². The van der Waals surface area contributed by atoms with Gasteiger partial charge < -0.3 is 5.32 Å². The monoisotopic (exact) mass is 273 g/mol. The maximum atomic E-state index is 11.3. The summed E-state index contributed by atoms with van der Waals surface area (Å²) in [6, 6.07) is 1.30. The molecule has 0 bridgehead atoms. The van der Waals surface area contributed by atoms with Gasteiger partial charge in [-0.1, -0.05) is 6.92 Å². The molecule has 100 valence electrons. The number of rotatable bonds is 6. The molecule has 0 unspecified atom stereocenters. The van der Waals surface area contributed by atoms with Crippen LogP contribution in [0.25, 0.3) is 0 Å². The van der Waals surface area contributed by atoms with Crippen LogP contribution in [0.5, 0.6) is 0 Å². The number of nitrogens with one attached hydrogen (secondary N) is 1. The molecular formula is C10H15N3O4S. The van der Waals surface area contributed by atoms with Gasteiger partial charge in [-0.15, -0.1) is 0 Å². The highest BCUT2D eigenvalue weighted by Gasteiger charge is 2.12. The van der Waals surface area contributed by atoms with Gasteiger partial charge in [0.05, 0.1) is 16.7 Å². The molecule has 8 heteroatoms. The molecule has 0 aliphatic carbocycles. The highest BCUT2D eigenvalue weighted by Crippen LogP contribution is 2.19. The van der Waals surface area contributed by atoms with E-state index in [1.807, 2.05) is 0 Å². The van der Waals surface area contributed by atoms with Crippen molar-refractivity contribution in [1.82, 2.24) is 4.98 Å². The Morgan fingerprint density at radius 3 is 2.72 bits per heavy atom. The standard InChI is InChI=1S/C10H15N3O4S/c1-3-18(16,17)5-4-11-10-6-9(13(14)15)8(2)7-12-10/h6-7H,3-5H2,1-2H3,(H,11,12). The summed E-state index contributed by atoms with van der Waals surface area (Å²) < 4.78 is 22.5. The van der Waals surface area contributed by atoms with Crippen molar-refractivity contribution in [2.24, 2.45) is 0 Å². The number of pyridine rings is 1. The third kappa shape index (κ3) is 3.95. The van der Waals surface area contributed by atoms with Crippen molar-refractivity contribution in [3.8, 4) is 0 Å². The lowest BCUT2D eigenvalue weighted by Crippen LogP contribution is -2.17. The Labute approximate surface area is 105 Å². The molecule has 18 heavy (non-hydrogen) atoms. The summed E-state index contributed by atoms with van der Waals surface area (Å²) >= 11 is 0. The summed E-state index contributed by atoms with van der Waals surface area (Å²) in [5.74, 6) is 0.363. The lowest BCUT2D eigenvalue weighted by Gasteiger charge is -2.06. The second-order valence-electron chi connectivity index (χ2n) is 3.78. The minimum absolute atomic E-state index is 0.0210. The first-order valence-corrected chi connectivity index (χ1v) is 7.23. The van der Waals surface area contributed by atoms with E-state index in [0.29, 0.717) is 11.4 Å². The summed E-state index contributed by atoms with van der Waals surface area (Å²) in [6.07, 6.45) is 1.38. The number of nitro groups is 1. The zero-order valence-electron chi connectivity index (χ0n) is 10.2. The van der Waals surface area contributed by atoms with Gasteiger partial charge in [0, 0.05) is 24.1 Å². The Balaban J connectivity index is 2.69. The van der Waals surface area contributed by atoms with E-state index >= 15 is 0 Å². The predicted molar refractivity (Wildman–Crippen MR) is 68.4 cm³/mol. The lowest BCUT2D eigenvalue weighted by atomic mass is 10.2. The molecule has 7 nitrogen and oxygen atoms in total. The highest BCUT2D eigenvalue weighted by molar-refractivity contribution is 7.91. The smallest absolute Gasteiger partial charge is 0.277 e. The molecule has 1 rings (SSSR count). The van der Waals surface area contributed by atoms with Crippen LogP contribution in [-0.4, -0.2) is 36.4 Å². The van der Waals surface area contributed by atoms with Gasteiger partial charge in [-0.3, -0.25) is 10.1 Å². The van der Waals surface area contributed by atoms with E-state index in [-0.39, 0.29) is 23.7 Å². The maximum Gasteiger partial charge on any atom is 0.277 e. The molecule has 0 atom stereocenters. The molecule has 0 aromatic carbocycles. The van der Waals surface area contributed by atoms with Crippen molar-refractivity contribution in [1.29, 1.82) is 0 Å². The Kier molecular flexibility index (Phi) is 4.60. The first-order chi connectivity index (χ1) is 8.35. The zero-order valence-corrected chi connectivity index (χ0v) is 11.0. The van der Waals surface area contributed by atoms with Crippen molar-refractivity contribution in [2.75, 3.05) is 23.4 Å². The van der Waals surface area contributed by atoms with Crippen LogP contribution in [-0.2, 0) is 9.84 Å². The van der Waals surface area contributed by atoms with Crippen LogP contribution in [0.15, 0.2) is 12.3 Å². The molecule has 0 spiro atoms. The number of sulfone groups is 1. The molecule has 0 fully saturated rings. The summed E-state index contributed by atoms with van der Waals surface area (Å²) in [7, 11) is -3.05. The molecule has 1 N–H and O–H groups in total. The fourth-order valence-corrected chi connectivity index (χ4v) is 1.99. The van der Waals surface area contributed by atoms with Crippen LogP contribution in [0.4, 0.5) is 11.5 Å². The van der Waals surface area contributed by atoms with E-state index in [1.54, 1.807) is 13.8 Å². The largest absolute Gasteiger partial charge is 0.369 e. The van der Waals surface area contributed by atoms with Crippen LogP contribution >= 0.6 is 0 Å². The highest BCUT2D eigenvalue weighted by atomic mass is 32.2. The van der Waals surface area contributed by atoms with E-state index < -0.39 is 14.8 Å². The average Bonchev–Trinajstić information content (AvgIpc) is 2.31. The molecule has 1 heterocycles. The molecule has 0 radical (unpaired) electrons. The van der Waals surface area contributed by atoms with Gasteiger partial charge in [0.2, 0.25) is 0 Å². The van der Waals surface area contributed by atoms with E-state index in [9.17, 15) is 18.5 Å². The second-order valence-corrected chi connectivity index (χ2v) is 6.25. The summed E-state index contributed by atoms with van der Waals surface area (Å²) in [4.78, 5) is 14.2. The summed E-state index contributed by atoms with van der Waals surface area (Å²) in [5.41, 5.74) is 0.428. The SMILES string of the molecule is CCS(=O)(=O)CCNc1cc([N+](=O)[O-])c(C)cn1. The Morgan fingerprint density at radius 2 is 2.17 bits per heavy atom. The zero-order chi connectivity index (χ0) is 13.8. The Hall–Kier alpha value is -1.70. The van der Waals surface area contributed by atoms with Crippen LogP contribution in [0.2, 0.25) is 0 Å². The lowest BCUT2D eigenvalue weighted by molar-refractivity contribution is -0.385. The minimum atomic E-state index is -3.05. The Bertz CT molecular complexity index is 542. The average molecular weight is 273 g/mol. The second kappa shape index (κ2) is 5.76. The maximum absolute atomic E-state index is 11.3. The molecule has 0 saturated heterocycles.